The summed E-state index contributed by atoms with van der Waals surface area (Å²) < 4.78 is 25.6. The van der Waals surface area contributed by atoms with Crippen LogP contribution in [0, 0.1) is 10.6 Å². The van der Waals surface area contributed by atoms with E-state index in [0.717, 1.165) is 0 Å². The first kappa shape index (κ1) is 18.1. The summed E-state index contributed by atoms with van der Waals surface area (Å²) in [7, 11) is 3.02. The van der Waals surface area contributed by atoms with Gasteiger partial charge in [0.25, 0.3) is 0 Å². The summed E-state index contributed by atoms with van der Waals surface area (Å²) in [5.74, 6) is 0.922. The van der Waals surface area contributed by atoms with Crippen LogP contribution in [-0.4, -0.2) is 35.3 Å². The van der Waals surface area contributed by atoms with Crippen molar-refractivity contribution in [1.29, 1.82) is 0 Å². The SMILES string of the molecule is COc1cc(/C=N\n2c(-c3cccc(F)c3)n[nH]c2=S)cc(Cl)c1OC. The van der Waals surface area contributed by atoms with Crippen LogP contribution in [0.1, 0.15) is 5.56 Å². The lowest BCUT2D eigenvalue weighted by atomic mass is 10.2. The van der Waals surface area contributed by atoms with E-state index in [1.54, 1.807) is 30.5 Å². The summed E-state index contributed by atoms with van der Waals surface area (Å²) in [4.78, 5) is 0. The largest absolute Gasteiger partial charge is 0.493 e. The fourth-order valence-electron chi connectivity index (χ4n) is 2.35. The first-order valence-corrected chi connectivity index (χ1v) is 8.21. The zero-order chi connectivity index (χ0) is 18.7. The Bertz CT molecular complexity index is 1030. The van der Waals surface area contributed by atoms with Crippen LogP contribution in [0.2, 0.25) is 5.02 Å². The first-order chi connectivity index (χ1) is 12.5. The number of ether oxygens (including phenoxy) is 2. The molecule has 0 saturated carbocycles. The van der Waals surface area contributed by atoms with E-state index < -0.39 is 0 Å². The highest BCUT2D eigenvalue weighted by atomic mass is 35.5. The van der Waals surface area contributed by atoms with E-state index >= 15 is 0 Å². The van der Waals surface area contributed by atoms with Crippen molar-refractivity contribution in [3.05, 3.63) is 57.6 Å². The van der Waals surface area contributed by atoms with Gasteiger partial charge in [-0.1, -0.05) is 23.7 Å². The molecule has 0 unspecified atom stereocenters. The highest BCUT2D eigenvalue weighted by molar-refractivity contribution is 7.71. The maximum atomic E-state index is 13.5. The van der Waals surface area contributed by atoms with Gasteiger partial charge < -0.3 is 9.47 Å². The minimum atomic E-state index is -0.376. The van der Waals surface area contributed by atoms with Crippen LogP contribution in [-0.2, 0) is 0 Å². The second kappa shape index (κ2) is 7.67. The number of aromatic amines is 1. The van der Waals surface area contributed by atoms with Gasteiger partial charge in [0.2, 0.25) is 4.77 Å². The van der Waals surface area contributed by atoms with Gasteiger partial charge in [-0.25, -0.2) is 9.49 Å². The van der Waals surface area contributed by atoms with Crippen LogP contribution in [0.4, 0.5) is 4.39 Å². The van der Waals surface area contributed by atoms with Crippen LogP contribution >= 0.6 is 23.8 Å². The smallest absolute Gasteiger partial charge is 0.216 e. The number of rotatable bonds is 5. The average molecular weight is 393 g/mol. The molecule has 0 radical (unpaired) electrons. The molecule has 0 spiro atoms. The number of benzene rings is 2. The zero-order valence-electron chi connectivity index (χ0n) is 13.9. The van der Waals surface area contributed by atoms with Crippen LogP contribution in [0.15, 0.2) is 41.5 Å². The monoisotopic (exact) mass is 392 g/mol. The highest BCUT2D eigenvalue weighted by Gasteiger charge is 2.11. The predicted octanol–water partition coefficient (Wildman–Crippen LogP) is 4.30. The molecule has 0 aliphatic carbocycles. The molecular weight excluding hydrogens is 379 g/mol. The molecule has 134 valence electrons. The lowest BCUT2D eigenvalue weighted by Gasteiger charge is -2.10. The molecule has 0 aliphatic rings. The Morgan fingerprint density at radius 1 is 1.27 bits per heavy atom. The Balaban J connectivity index is 2.01. The summed E-state index contributed by atoms with van der Waals surface area (Å²) in [6.07, 6.45) is 1.54. The van der Waals surface area contributed by atoms with Crippen LogP contribution in [0.25, 0.3) is 11.4 Å². The zero-order valence-corrected chi connectivity index (χ0v) is 15.4. The van der Waals surface area contributed by atoms with E-state index in [1.165, 1.54) is 31.0 Å². The Kier molecular flexibility index (Phi) is 5.34. The van der Waals surface area contributed by atoms with Crippen molar-refractivity contribution < 1.29 is 13.9 Å². The van der Waals surface area contributed by atoms with Crippen molar-refractivity contribution in [2.24, 2.45) is 5.10 Å². The fourth-order valence-corrected chi connectivity index (χ4v) is 2.83. The third kappa shape index (κ3) is 3.61. The molecule has 0 bridgehead atoms. The molecule has 1 heterocycles. The normalized spacial score (nSPS) is 11.1. The number of nitrogens with zero attached hydrogens (tertiary/aromatic N) is 3. The highest BCUT2D eigenvalue weighted by Crippen LogP contribution is 2.35. The van der Waals surface area contributed by atoms with Crippen molar-refractivity contribution in [1.82, 2.24) is 14.9 Å². The number of nitrogens with one attached hydrogen (secondary N) is 1. The van der Waals surface area contributed by atoms with Gasteiger partial charge in [-0.2, -0.15) is 14.9 Å². The number of H-pyrrole nitrogens is 1. The van der Waals surface area contributed by atoms with E-state index in [1.807, 2.05) is 0 Å². The minimum absolute atomic E-state index is 0.270. The molecule has 0 amide bonds. The summed E-state index contributed by atoms with van der Waals surface area (Å²) in [5.41, 5.74) is 1.21. The van der Waals surface area contributed by atoms with Crippen LogP contribution in [0.5, 0.6) is 11.5 Å². The van der Waals surface area contributed by atoms with Gasteiger partial charge >= 0.3 is 0 Å². The van der Waals surface area contributed by atoms with E-state index in [-0.39, 0.29) is 10.6 Å². The average Bonchev–Trinajstić information content (AvgIpc) is 3.00. The third-order valence-corrected chi connectivity index (χ3v) is 4.06. The fraction of sp³-hybridized carbons (Fsp3) is 0.118. The molecule has 3 aromatic rings. The van der Waals surface area contributed by atoms with Gasteiger partial charge in [-0.05, 0) is 42.0 Å². The summed E-state index contributed by atoms with van der Waals surface area (Å²) >= 11 is 11.4. The standard InChI is InChI=1S/C17H14ClFN4O2S/c1-24-14-7-10(6-13(18)15(14)25-2)9-20-23-16(21-22-17(23)26)11-4-3-5-12(19)8-11/h3-9H,1-2H3,(H,22,26)/b20-9-. The number of hydrogen-bond donors (Lipinski definition) is 1. The number of aromatic nitrogens is 3. The second-order valence-corrected chi connectivity index (χ2v) is 5.95. The third-order valence-electron chi connectivity index (χ3n) is 3.51. The molecule has 0 aliphatic heterocycles. The Labute approximate surface area is 158 Å². The Morgan fingerprint density at radius 3 is 2.77 bits per heavy atom. The van der Waals surface area contributed by atoms with Crippen molar-refractivity contribution in [3.63, 3.8) is 0 Å². The maximum Gasteiger partial charge on any atom is 0.216 e. The van der Waals surface area contributed by atoms with Gasteiger partial charge in [-0.3, -0.25) is 0 Å². The first-order valence-electron chi connectivity index (χ1n) is 7.42. The molecule has 6 nitrogen and oxygen atoms in total. The number of methoxy groups -OCH3 is 2. The predicted molar refractivity (Wildman–Crippen MR) is 100 cm³/mol. The summed E-state index contributed by atoms with van der Waals surface area (Å²) in [5, 5.41) is 11.5. The quantitative estimate of drug-likeness (QED) is 0.519. The van der Waals surface area contributed by atoms with Crippen molar-refractivity contribution in [2.45, 2.75) is 0 Å². The molecule has 3 rings (SSSR count). The van der Waals surface area contributed by atoms with Gasteiger partial charge in [0, 0.05) is 5.56 Å². The van der Waals surface area contributed by atoms with Gasteiger partial charge in [0.05, 0.1) is 25.5 Å². The Morgan fingerprint density at radius 2 is 2.08 bits per heavy atom. The van der Waals surface area contributed by atoms with Gasteiger partial charge in [-0.15, -0.1) is 0 Å². The van der Waals surface area contributed by atoms with Gasteiger partial charge in [0.15, 0.2) is 17.3 Å². The molecule has 2 aromatic carbocycles. The molecule has 9 heteroatoms. The molecular formula is C17H14ClFN4O2S. The van der Waals surface area contributed by atoms with E-state index in [9.17, 15) is 4.39 Å². The molecule has 0 fully saturated rings. The van der Waals surface area contributed by atoms with E-state index in [2.05, 4.69) is 15.3 Å². The molecule has 1 aromatic heterocycles. The van der Waals surface area contributed by atoms with Crippen molar-refractivity contribution >= 4 is 30.0 Å². The number of hydrogen-bond acceptors (Lipinski definition) is 5. The molecule has 0 atom stereocenters. The molecule has 0 saturated heterocycles. The minimum Gasteiger partial charge on any atom is -0.493 e. The lowest BCUT2D eigenvalue weighted by Crippen LogP contribution is -1.97. The maximum absolute atomic E-state index is 13.5. The number of halogens is 2. The van der Waals surface area contributed by atoms with Gasteiger partial charge in [0.1, 0.15) is 5.82 Å². The van der Waals surface area contributed by atoms with Crippen LogP contribution in [0.3, 0.4) is 0 Å². The molecule has 26 heavy (non-hydrogen) atoms. The topological polar surface area (TPSA) is 64.4 Å². The second-order valence-electron chi connectivity index (χ2n) is 5.16. The van der Waals surface area contributed by atoms with Crippen LogP contribution < -0.4 is 9.47 Å². The molecule has 1 N–H and O–H groups in total. The van der Waals surface area contributed by atoms with Crippen molar-refractivity contribution in [2.75, 3.05) is 14.2 Å². The lowest BCUT2D eigenvalue weighted by molar-refractivity contribution is 0.355. The summed E-state index contributed by atoms with van der Waals surface area (Å²) in [6.45, 7) is 0. The van der Waals surface area contributed by atoms with E-state index in [0.29, 0.717) is 33.5 Å². The van der Waals surface area contributed by atoms with E-state index in [4.69, 9.17) is 33.3 Å². The van der Waals surface area contributed by atoms with Crippen molar-refractivity contribution in [3.8, 4) is 22.9 Å². The summed E-state index contributed by atoms with van der Waals surface area (Å²) in [6, 6.07) is 9.41. The Hall–Kier alpha value is -2.71.